The lowest BCUT2D eigenvalue weighted by Gasteiger charge is -2.42. The third kappa shape index (κ3) is 4.30. The third-order valence-corrected chi connectivity index (χ3v) is 8.65. The fourth-order valence-corrected chi connectivity index (χ4v) is 6.87. The monoisotopic (exact) mass is 503 g/mol. The van der Waals surface area contributed by atoms with E-state index in [0.29, 0.717) is 25.9 Å². The van der Waals surface area contributed by atoms with E-state index in [4.69, 9.17) is 4.74 Å². The summed E-state index contributed by atoms with van der Waals surface area (Å²) in [6.07, 6.45) is 6.19. The van der Waals surface area contributed by atoms with Gasteiger partial charge in [-0.25, -0.2) is 0 Å². The van der Waals surface area contributed by atoms with Crippen LogP contribution in [0.3, 0.4) is 0 Å². The molecule has 3 saturated heterocycles. The molecule has 0 radical (unpaired) electrons. The number of nitrogens with zero attached hydrogens (tertiary/aromatic N) is 3. The zero-order valence-electron chi connectivity index (χ0n) is 22.9. The minimum absolute atomic E-state index is 0.0510. The largest absolute Gasteiger partial charge is 0.394 e. The zero-order valence-corrected chi connectivity index (χ0v) is 22.9. The van der Waals surface area contributed by atoms with Crippen molar-refractivity contribution in [2.45, 2.75) is 89.6 Å². The van der Waals surface area contributed by atoms with E-state index in [1.54, 1.807) is 33.9 Å². The van der Waals surface area contributed by atoms with Gasteiger partial charge in [-0.3, -0.25) is 14.4 Å². The molecule has 1 spiro atoms. The number of rotatable bonds is 12. The summed E-state index contributed by atoms with van der Waals surface area (Å²) in [6.45, 7) is 17.9. The first-order chi connectivity index (χ1) is 16.9. The Bertz CT molecular complexity index is 890. The molecule has 3 aliphatic rings. The second-order valence-electron chi connectivity index (χ2n) is 11.4. The first-order valence-corrected chi connectivity index (χ1v) is 13.4. The van der Waals surface area contributed by atoms with Crippen molar-refractivity contribution in [2.75, 3.05) is 26.7 Å². The van der Waals surface area contributed by atoms with Crippen LogP contribution in [-0.2, 0) is 19.1 Å². The van der Waals surface area contributed by atoms with Crippen LogP contribution in [0.25, 0.3) is 0 Å². The number of likely N-dealkylation sites (tertiary alicyclic amines) is 1. The van der Waals surface area contributed by atoms with E-state index < -0.39 is 35.1 Å². The van der Waals surface area contributed by atoms with Crippen molar-refractivity contribution in [2.24, 2.45) is 17.8 Å². The number of ether oxygens (including phenoxy) is 1. The predicted molar refractivity (Wildman–Crippen MR) is 139 cm³/mol. The molecule has 3 aliphatic heterocycles. The Labute approximate surface area is 216 Å². The van der Waals surface area contributed by atoms with Gasteiger partial charge < -0.3 is 24.5 Å². The smallest absolute Gasteiger partial charge is 0.248 e. The van der Waals surface area contributed by atoms with Gasteiger partial charge in [0.05, 0.1) is 30.1 Å². The summed E-state index contributed by atoms with van der Waals surface area (Å²) in [6, 6.07) is -1.52. The number of hydrogen-bond donors (Lipinski definition) is 1. The van der Waals surface area contributed by atoms with Crippen LogP contribution in [0, 0.1) is 17.8 Å². The maximum Gasteiger partial charge on any atom is 0.248 e. The van der Waals surface area contributed by atoms with Gasteiger partial charge in [-0.1, -0.05) is 39.3 Å². The Hall–Kier alpha value is -2.19. The summed E-state index contributed by atoms with van der Waals surface area (Å²) in [5.74, 6) is -2.19. The lowest BCUT2D eigenvalue weighted by atomic mass is 9.66. The summed E-state index contributed by atoms with van der Waals surface area (Å²) < 4.78 is 6.72. The molecule has 0 aromatic heterocycles. The molecule has 1 N–H and O–H groups in total. The van der Waals surface area contributed by atoms with Crippen molar-refractivity contribution in [1.82, 2.24) is 14.7 Å². The molecule has 3 fully saturated rings. The van der Waals surface area contributed by atoms with E-state index in [9.17, 15) is 19.5 Å². The molecule has 7 atom stereocenters. The normalized spacial score (nSPS) is 32.4. The highest BCUT2D eigenvalue weighted by Gasteiger charge is 2.78. The SMILES string of the molecule is C=CCN(C)C(=O)[C@@H]1[C@H]2C(=O)N([C@@H](CO)C(C)C)C(C(=O)N(CC=C)C(C)CCC)C23CC[C@@]1(C)O3. The summed E-state index contributed by atoms with van der Waals surface area (Å²) in [5.41, 5.74) is -1.94. The van der Waals surface area contributed by atoms with Gasteiger partial charge in [0, 0.05) is 26.2 Å². The van der Waals surface area contributed by atoms with Crippen molar-refractivity contribution >= 4 is 17.7 Å². The maximum atomic E-state index is 14.4. The molecule has 0 saturated carbocycles. The molecule has 3 heterocycles. The predicted octanol–water partition coefficient (Wildman–Crippen LogP) is 2.62. The standard InChI is InChI=1S/C28H45N3O5/c1-9-12-19(6)30(16-11-3)26(35)23-28-14-13-27(7,36-28)21(24(33)29(8)15-10-2)22(28)25(34)31(23)20(17-32)18(4)5/h10-11,18-23,32H,2-3,9,12-17H2,1,4-8H3/t19?,20-,21-,22-,23?,27+,28?/m0/s1. The van der Waals surface area contributed by atoms with Gasteiger partial charge in [0.2, 0.25) is 17.7 Å². The van der Waals surface area contributed by atoms with E-state index in [1.807, 2.05) is 27.7 Å². The van der Waals surface area contributed by atoms with Crippen molar-refractivity contribution in [3.8, 4) is 0 Å². The quantitative estimate of drug-likeness (QED) is 0.414. The van der Waals surface area contributed by atoms with Crippen molar-refractivity contribution in [1.29, 1.82) is 0 Å². The lowest BCUT2D eigenvalue weighted by Crippen LogP contribution is -2.60. The van der Waals surface area contributed by atoms with Crippen LogP contribution in [0.2, 0.25) is 0 Å². The molecular formula is C28H45N3O5. The fraction of sp³-hybridized carbons (Fsp3) is 0.750. The number of hydrogen-bond acceptors (Lipinski definition) is 5. The topological polar surface area (TPSA) is 90.4 Å². The van der Waals surface area contributed by atoms with Gasteiger partial charge in [-0.05, 0) is 39.0 Å². The average Bonchev–Trinajstić information content (AvgIpc) is 3.38. The van der Waals surface area contributed by atoms with Gasteiger partial charge in [-0.15, -0.1) is 13.2 Å². The van der Waals surface area contributed by atoms with E-state index in [2.05, 4.69) is 20.1 Å². The van der Waals surface area contributed by atoms with Gasteiger partial charge >= 0.3 is 0 Å². The number of amides is 3. The van der Waals surface area contributed by atoms with Crippen LogP contribution in [0.4, 0.5) is 0 Å². The molecule has 8 nitrogen and oxygen atoms in total. The first-order valence-electron chi connectivity index (χ1n) is 13.4. The number of aliphatic hydroxyl groups is 1. The molecule has 8 heteroatoms. The number of fused-ring (bicyclic) bond motifs is 1. The molecule has 0 aliphatic carbocycles. The van der Waals surface area contributed by atoms with E-state index in [0.717, 1.165) is 12.8 Å². The maximum absolute atomic E-state index is 14.4. The molecule has 2 bridgehead atoms. The van der Waals surface area contributed by atoms with Gasteiger partial charge in [0.15, 0.2) is 0 Å². The summed E-state index contributed by atoms with van der Waals surface area (Å²) in [7, 11) is 1.70. The van der Waals surface area contributed by atoms with Gasteiger partial charge in [0.1, 0.15) is 11.6 Å². The average molecular weight is 504 g/mol. The Morgan fingerprint density at radius 2 is 1.83 bits per heavy atom. The van der Waals surface area contributed by atoms with Crippen LogP contribution in [0.1, 0.15) is 60.3 Å². The molecular weight excluding hydrogens is 458 g/mol. The lowest BCUT2D eigenvalue weighted by molar-refractivity contribution is -0.158. The van der Waals surface area contributed by atoms with Crippen LogP contribution in [-0.4, -0.2) is 93.6 Å². The number of aliphatic hydroxyl groups excluding tert-OH is 1. The molecule has 202 valence electrons. The second-order valence-corrected chi connectivity index (χ2v) is 11.4. The molecule has 0 aromatic rings. The van der Waals surface area contributed by atoms with Crippen molar-refractivity contribution in [3.05, 3.63) is 25.3 Å². The van der Waals surface area contributed by atoms with E-state index in [-0.39, 0.29) is 36.3 Å². The number of likely N-dealkylation sites (N-methyl/N-ethyl adjacent to an activating group) is 1. The number of carbonyl (C=O) groups is 3. The fourth-order valence-electron chi connectivity index (χ4n) is 6.87. The van der Waals surface area contributed by atoms with Gasteiger partial charge in [0.25, 0.3) is 0 Å². The second kappa shape index (κ2) is 10.7. The van der Waals surface area contributed by atoms with Crippen LogP contribution in [0.15, 0.2) is 25.3 Å². The highest BCUT2D eigenvalue weighted by molar-refractivity contribution is 5.99. The van der Waals surface area contributed by atoms with Gasteiger partial charge in [-0.2, -0.15) is 0 Å². The Morgan fingerprint density at radius 1 is 1.19 bits per heavy atom. The van der Waals surface area contributed by atoms with E-state index >= 15 is 0 Å². The van der Waals surface area contributed by atoms with Crippen LogP contribution >= 0.6 is 0 Å². The Kier molecular flexibility index (Phi) is 8.40. The zero-order chi connectivity index (χ0) is 27.0. The van der Waals surface area contributed by atoms with Crippen molar-refractivity contribution in [3.63, 3.8) is 0 Å². The van der Waals surface area contributed by atoms with E-state index in [1.165, 1.54) is 0 Å². The summed E-state index contributed by atoms with van der Waals surface area (Å²) in [5, 5.41) is 10.4. The van der Waals surface area contributed by atoms with Crippen LogP contribution in [0.5, 0.6) is 0 Å². The Balaban J connectivity index is 2.16. The minimum atomic E-state index is -1.11. The molecule has 3 unspecified atom stereocenters. The molecule has 0 aromatic carbocycles. The minimum Gasteiger partial charge on any atom is -0.394 e. The van der Waals surface area contributed by atoms with Crippen LogP contribution < -0.4 is 0 Å². The van der Waals surface area contributed by atoms with Crippen molar-refractivity contribution < 1.29 is 24.2 Å². The first kappa shape index (κ1) is 28.4. The summed E-state index contributed by atoms with van der Waals surface area (Å²) in [4.78, 5) is 47.3. The molecule has 36 heavy (non-hydrogen) atoms. The number of carbonyl (C=O) groups excluding carboxylic acids is 3. The third-order valence-electron chi connectivity index (χ3n) is 8.65. The highest BCUT2D eigenvalue weighted by Crippen LogP contribution is 2.64. The molecule has 3 amide bonds. The molecule has 3 rings (SSSR count). The summed E-state index contributed by atoms with van der Waals surface area (Å²) >= 11 is 0. The highest BCUT2D eigenvalue weighted by atomic mass is 16.5. The Morgan fingerprint density at radius 3 is 2.36 bits per heavy atom.